The zero-order valence-electron chi connectivity index (χ0n) is 6.31. The van der Waals surface area contributed by atoms with Crippen LogP contribution in [0.3, 0.4) is 0 Å². The van der Waals surface area contributed by atoms with E-state index in [1.807, 2.05) is 0 Å². The van der Waals surface area contributed by atoms with Crippen molar-refractivity contribution in [1.82, 2.24) is 0 Å². The van der Waals surface area contributed by atoms with E-state index in [4.69, 9.17) is 10.5 Å². The molecule has 1 saturated carbocycles. The van der Waals surface area contributed by atoms with E-state index < -0.39 is 0 Å². The molecule has 2 heteroatoms. The van der Waals surface area contributed by atoms with Gasteiger partial charge in [0.25, 0.3) is 0 Å². The molecule has 0 radical (unpaired) electrons. The molecular weight excluding hydrogens is 126 g/mol. The Morgan fingerprint density at radius 3 is 3.10 bits per heavy atom. The van der Waals surface area contributed by atoms with Crippen molar-refractivity contribution in [3.63, 3.8) is 0 Å². The lowest BCUT2D eigenvalue weighted by atomic mass is 9.83. The normalized spacial score (nSPS) is 45.9. The van der Waals surface area contributed by atoms with Gasteiger partial charge in [0.2, 0.25) is 0 Å². The van der Waals surface area contributed by atoms with E-state index in [1.54, 1.807) is 0 Å². The minimum Gasteiger partial charge on any atom is -0.378 e. The van der Waals surface area contributed by atoms with Crippen LogP contribution in [0.2, 0.25) is 0 Å². The predicted octanol–water partition coefficient (Wildman–Crippen LogP) is 0.904. The van der Waals surface area contributed by atoms with Gasteiger partial charge in [-0.3, -0.25) is 0 Å². The third kappa shape index (κ3) is 0.722. The van der Waals surface area contributed by atoms with Crippen LogP contribution >= 0.6 is 0 Å². The highest BCUT2D eigenvalue weighted by molar-refractivity contribution is 4.97. The van der Waals surface area contributed by atoms with Crippen LogP contribution in [0, 0.1) is 5.41 Å². The molecule has 1 saturated heterocycles. The highest BCUT2D eigenvalue weighted by Gasteiger charge is 2.46. The summed E-state index contributed by atoms with van der Waals surface area (Å²) in [6.07, 6.45) is 5.58. The SMILES string of the molecule is NC[C@]12CCC[C@@H]1OCC2. The van der Waals surface area contributed by atoms with Crippen LogP contribution in [0.25, 0.3) is 0 Å². The summed E-state index contributed by atoms with van der Waals surface area (Å²) in [5.41, 5.74) is 6.13. The van der Waals surface area contributed by atoms with Gasteiger partial charge in [-0.1, -0.05) is 6.42 Å². The fourth-order valence-electron chi connectivity index (χ4n) is 2.39. The van der Waals surface area contributed by atoms with E-state index in [0.717, 1.165) is 13.2 Å². The Hall–Kier alpha value is -0.0800. The summed E-state index contributed by atoms with van der Waals surface area (Å²) in [4.78, 5) is 0. The lowest BCUT2D eigenvalue weighted by Crippen LogP contribution is -2.33. The molecule has 0 aromatic heterocycles. The lowest BCUT2D eigenvalue weighted by molar-refractivity contribution is 0.0735. The molecule has 0 unspecified atom stereocenters. The Morgan fingerprint density at radius 2 is 2.40 bits per heavy atom. The average Bonchev–Trinajstić information content (AvgIpc) is 2.42. The molecule has 2 fully saturated rings. The van der Waals surface area contributed by atoms with Gasteiger partial charge < -0.3 is 10.5 Å². The first-order valence-corrected chi connectivity index (χ1v) is 4.19. The first kappa shape index (κ1) is 6.62. The van der Waals surface area contributed by atoms with E-state index in [1.165, 1.54) is 25.7 Å². The summed E-state index contributed by atoms with van der Waals surface area (Å²) in [7, 11) is 0. The molecule has 2 atom stereocenters. The molecule has 0 aromatic rings. The van der Waals surface area contributed by atoms with Crippen molar-refractivity contribution in [3.05, 3.63) is 0 Å². The van der Waals surface area contributed by atoms with Gasteiger partial charge >= 0.3 is 0 Å². The molecule has 2 N–H and O–H groups in total. The molecule has 0 bridgehead atoms. The van der Waals surface area contributed by atoms with Crippen LogP contribution in [0.15, 0.2) is 0 Å². The molecule has 2 nitrogen and oxygen atoms in total. The molecule has 0 amide bonds. The fraction of sp³-hybridized carbons (Fsp3) is 1.00. The lowest BCUT2D eigenvalue weighted by Gasteiger charge is -2.24. The van der Waals surface area contributed by atoms with Crippen LogP contribution in [-0.4, -0.2) is 19.3 Å². The van der Waals surface area contributed by atoms with Gasteiger partial charge in [-0.15, -0.1) is 0 Å². The molecule has 2 aliphatic rings. The van der Waals surface area contributed by atoms with Gasteiger partial charge in [-0.05, 0) is 19.3 Å². The first-order chi connectivity index (χ1) is 4.87. The van der Waals surface area contributed by atoms with Crippen molar-refractivity contribution >= 4 is 0 Å². The Labute approximate surface area is 61.7 Å². The molecule has 10 heavy (non-hydrogen) atoms. The van der Waals surface area contributed by atoms with Gasteiger partial charge in [0, 0.05) is 18.6 Å². The van der Waals surface area contributed by atoms with Gasteiger partial charge in [-0.2, -0.15) is 0 Å². The number of nitrogens with two attached hydrogens (primary N) is 1. The summed E-state index contributed by atoms with van der Waals surface area (Å²) in [6, 6.07) is 0. The Bertz CT molecular complexity index is 125. The second-order valence-electron chi connectivity index (χ2n) is 3.57. The summed E-state index contributed by atoms with van der Waals surface area (Å²) in [5, 5.41) is 0. The van der Waals surface area contributed by atoms with Crippen molar-refractivity contribution in [1.29, 1.82) is 0 Å². The largest absolute Gasteiger partial charge is 0.378 e. The molecule has 1 aliphatic heterocycles. The zero-order chi connectivity index (χ0) is 7.03. The number of hydrogen-bond acceptors (Lipinski definition) is 2. The van der Waals surface area contributed by atoms with Crippen LogP contribution in [0.5, 0.6) is 0 Å². The van der Waals surface area contributed by atoms with E-state index >= 15 is 0 Å². The second kappa shape index (κ2) is 2.21. The zero-order valence-corrected chi connectivity index (χ0v) is 6.31. The number of fused-ring (bicyclic) bond motifs is 1. The Balaban J connectivity index is 2.15. The molecule has 0 spiro atoms. The maximum atomic E-state index is 5.73. The van der Waals surface area contributed by atoms with Crippen molar-refractivity contribution in [2.24, 2.45) is 11.1 Å². The Kier molecular flexibility index (Phi) is 1.46. The summed E-state index contributed by atoms with van der Waals surface area (Å²) in [6.45, 7) is 1.78. The van der Waals surface area contributed by atoms with Gasteiger partial charge in [0.15, 0.2) is 0 Å². The Morgan fingerprint density at radius 1 is 1.50 bits per heavy atom. The highest BCUT2D eigenvalue weighted by atomic mass is 16.5. The third-order valence-electron chi connectivity index (χ3n) is 3.15. The maximum Gasteiger partial charge on any atom is 0.0644 e. The molecule has 0 aromatic carbocycles. The number of hydrogen-bond donors (Lipinski definition) is 1. The van der Waals surface area contributed by atoms with E-state index in [-0.39, 0.29) is 0 Å². The van der Waals surface area contributed by atoms with Gasteiger partial charge in [0.1, 0.15) is 0 Å². The van der Waals surface area contributed by atoms with Crippen molar-refractivity contribution < 1.29 is 4.74 Å². The van der Waals surface area contributed by atoms with Crippen LogP contribution in [-0.2, 0) is 4.74 Å². The highest BCUT2D eigenvalue weighted by Crippen LogP contribution is 2.46. The molecule has 58 valence electrons. The minimum absolute atomic E-state index is 0.403. The molecule has 1 aliphatic carbocycles. The molecular formula is C8H15NO. The first-order valence-electron chi connectivity index (χ1n) is 4.19. The topological polar surface area (TPSA) is 35.2 Å². The van der Waals surface area contributed by atoms with Crippen LogP contribution in [0.4, 0.5) is 0 Å². The fourth-order valence-corrected chi connectivity index (χ4v) is 2.39. The summed E-state index contributed by atoms with van der Waals surface area (Å²) < 4.78 is 5.59. The number of rotatable bonds is 1. The van der Waals surface area contributed by atoms with Crippen molar-refractivity contribution in [3.8, 4) is 0 Å². The standard InChI is InChI=1S/C8H15NO/c9-6-8-3-1-2-7(8)10-5-4-8/h7H,1-6,9H2/t7-,8+/m0/s1. The van der Waals surface area contributed by atoms with Crippen LogP contribution in [0.1, 0.15) is 25.7 Å². The maximum absolute atomic E-state index is 5.73. The minimum atomic E-state index is 0.403. The van der Waals surface area contributed by atoms with Crippen molar-refractivity contribution in [2.75, 3.05) is 13.2 Å². The van der Waals surface area contributed by atoms with Gasteiger partial charge in [0.05, 0.1) is 6.10 Å². The summed E-state index contributed by atoms with van der Waals surface area (Å²) >= 11 is 0. The predicted molar refractivity (Wildman–Crippen MR) is 39.7 cm³/mol. The average molecular weight is 141 g/mol. The smallest absolute Gasteiger partial charge is 0.0644 e. The third-order valence-corrected chi connectivity index (χ3v) is 3.15. The summed E-state index contributed by atoms with van der Waals surface area (Å²) in [5.74, 6) is 0. The van der Waals surface area contributed by atoms with Crippen molar-refractivity contribution in [2.45, 2.75) is 31.8 Å². The van der Waals surface area contributed by atoms with E-state index in [0.29, 0.717) is 11.5 Å². The van der Waals surface area contributed by atoms with E-state index in [9.17, 15) is 0 Å². The van der Waals surface area contributed by atoms with Gasteiger partial charge in [-0.25, -0.2) is 0 Å². The molecule has 2 rings (SSSR count). The van der Waals surface area contributed by atoms with Crippen LogP contribution < -0.4 is 5.73 Å². The monoisotopic (exact) mass is 141 g/mol. The van der Waals surface area contributed by atoms with E-state index in [2.05, 4.69) is 0 Å². The molecule has 1 heterocycles. The number of ether oxygens (including phenoxy) is 1. The second-order valence-corrected chi connectivity index (χ2v) is 3.57. The quantitative estimate of drug-likeness (QED) is 0.589.